The van der Waals surface area contributed by atoms with Crippen molar-refractivity contribution in [2.24, 2.45) is 0 Å². The van der Waals surface area contributed by atoms with Gasteiger partial charge in [-0.05, 0) is 31.0 Å². The second-order valence-electron chi connectivity index (χ2n) is 6.14. The third kappa shape index (κ3) is 3.94. The highest BCUT2D eigenvalue weighted by Gasteiger charge is 2.32. The molecule has 140 valence electrons. The Morgan fingerprint density at radius 3 is 2.70 bits per heavy atom. The van der Waals surface area contributed by atoms with Crippen molar-refractivity contribution in [3.05, 3.63) is 42.2 Å². The Kier molecular flexibility index (Phi) is 4.09. The van der Waals surface area contributed by atoms with Gasteiger partial charge in [-0.15, -0.1) is 13.2 Å². The van der Waals surface area contributed by atoms with Crippen LogP contribution in [0.2, 0.25) is 0 Å². The Morgan fingerprint density at radius 2 is 2.00 bits per heavy atom. The van der Waals surface area contributed by atoms with E-state index in [-0.39, 0.29) is 23.2 Å². The zero-order valence-electron chi connectivity index (χ0n) is 13.9. The largest absolute Gasteiger partial charge is 0.573 e. The Hall–Kier alpha value is -3.30. The number of nitrogens with one attached hydrogen (secondary N) is 2. The van der Waals surface area contributed by atoms with E-state index in [0.717, 1.165) is 18.5 Å². The molecule has 2 aromatic heterocycles. The fraction of sp³-hybridized carbons (Fsp3) is 0.235. The molecule has 1 aliphatic carbocycles. The van der Waals surface area contributed by atoms with E-state index in [1.165, 1.54) is 24.4 Å². The highest BCUT2D eigenvalue weighted by atomic mass is 19.4. The molecule has 1 aliphatic rings. The Labute approximate surface area is 151 Å². The van der Waals surface area contributed by atoms with Crippen molar-refractivity contribution in [3.63, 3.8) is 0 Å². The molecule has 1 aromatic carbocycles. The molecule has 0 spiro atoms. The monoisotopic (exact) mass is 376 g/mol. The van der Waals surface area contributed by atoms with Crippen molar-refractivity contribution in [3.8, 4) is 17.0 Å². The number of anilines is 3. The Bertz CT molecular complexity index is 967. The predicted molar refractivity (Wildman–Crippen MR) is 92.4 cm³/mol. The van der Waals surface area contributed by atoms with E-state index < -0.39 is 6.36 Å². The summed E-state index contributed by atoms with van der Waals surface area (Å²) in [6.07, 6.45) is -1.07. The molecular weight excluding hydrogens is 361 g/mol. The summed E-state index contributed by atoms with van der Waals surface area (Å²) in [5, 5.41) is 9.86. The highest BCUT2D eigenvalue weighted by Crippen LogP contribution is 2.40. The second kappa shape index (κ2) is 6.45. The highest BCUT2D eigenvalue weighted by molar-refractivity contribution is 5.72. The molecule has 0 radical (unpaired) electrons. The molecule has 1 fully saturated rings. The molecule has 0 amide bonds. The summed E-state index contributed by atoms with van der Waals surface area (Å²) in [7, 11) is 0. The fourth-order valence-corrected chi connectivity index (χ4v) is 2.63. The number of hydrogen-bond donors (Lipinski definition) is 3. The van der Waals surface area contributed by atoms with Crippen molar-refractivity contribution in [1.82, 2.24) is 20.2 Å². The Balaban J connectivity index is 1.56. The van der Waals surface area contributed by atoms with Gasteiger partial charge in [0.05, 0.1) is 22.6 Å². The maximum absolute atomic E-state index is 12.5. The zero-order valence-corrected chi connectivity index (χ0v) is 13.9. The number of aromatic amines is 1. The summed E-state index contributed by atoms with van der Waals surface area (Å²) < 4.78 is 41.5. The van der Waals surface area contributed by atoms with Crippen LogP contribution in [0, 0.1) is 0 Å². The van der Waals surface area contributed by atoms with E-state index in [0.29, 0.717) is 17.2 Å². The van der Waals surface area contributed by atoms with Gasteiger partial charge in [-0.2, -0.15) is 10.1 Å². The minimum atomic E-state index is -4.80. The molecular formula is C17H15F3N6O. The fourth-order valence-electron chi connectivity index (χ4n) is 2.63. The number of nitrogen functional groups attached to an aromatic ring is 1. The first-order valence-corrected chi connectivity index (χ1v) is 8.19. The minimum Gasteiger partial charge on any atom is -0.404 e. The first-order valence-electron chi connectivity index (χ1n) is 8.19. The number of benzene rings is 1. The van der Waals surface area contributed by atoms with Crippen LogP contribution in [-0.4, -0.2) is 26.5 Å². The molecule has 4 N–H and O–H groups in total. The minimum absolute atomic E-state index is 0.0522. The summed E-state index contributed by atoms with van der Waals surface area (Å²) >= 11 is 0. The summed E-state index contributed by atoms with van der Waals surface area (Å²) in [6, 6.07) is 7.52. The van der Waals surface area contributed by atoms with Gasteiger partial charge in [-0.3, -0.25) is 5.10 Å². The molecule has 10 heteroatoms. The van der Waals surface area contributed by atoms with Crippen LogP contribution < -0.4 is 15.8 Å². The molecule has 0 saturated heterocycles. The molecule has 0 bridgehead atoms. The molecule has 27 heavy (non-hydrogen) atoms. The quantitative estimate of drug-likeness (QED) is 0.623. The van der Waals surface area contributed by atoms with Crippen molar-refractivity contribution in [2.45, 2.75) is 25.1 Å². The average molecular weight is 376 g/mol. The van der Waals surface area contributed by atoms with E-state index in [4.69, 9.17) is 5.73 Å². The topological polar surface area (TPSA) is 102 Å². The standard InChI is InChI=1S/C17H15F3N6O/c18-17(19,20)27-14-4-2-1-3-11(14)23-16-22-8-10(15(21)24-16)13-7-12(25-26-13)9-5-6-9/h1-4,7-9H,5-6H2,(H,25,26)(H3,21,22,23,24). The number of rotatable bonds is 5. The molecule has 0 atom stereocenters. The SMILES string of the molecule is Nc1nc(Nc2ccccc2OC(F)(F)F)ncc1-c1cc(C2CC2)n[nH]1. The predicted octanol–water partition coefficient (Wildman–Crippen LogP) is 3.97. The smallest absolute Gasteiger partial charge is 0.404 e. The first kappa shape index (κ1) is 17.1. The number of para-hydroxylation sites is 2. The molecule has 1 saturated carbocycles. The first-order chi connectivity index (χ1) is 12.9. The lowest BCUT2D eigenvalue weighted by molar-refractivity contribution is -0.274. The van der Waals surface area contributed by atoms with Gasteiger partial charge in [0.2, 0.25) is 5.95 Å². The van der Waals surface area contributed by atoms with Crippen LogP contribution in [-0.2, 0) is 0 Å². The van der Waals surface area contributed by atoms with Gasteiger partial charge >= 0.3 is 6.36 Å². The average Bonchev–Trinajstić information content (AvgIpc) is 3.34. The summed E-state index contributed by atoms with van der Waals surface area (Å²) in [6.45, 7) is 0. The lowest BCUT2D eigenvalue weighted by Gasteiger charge is -2.14. The van der Waals surface area contributed by atoms with Crippen LogP contribution in [0.15, 0.2) is 36.5 Å². The van der Waals surface area contributed by atoms with E-state index in [2.05, 4.69) is 30.2 Å². The summed E-state index contributed by atoms with van der Waals surface area (Å²) in [5.74, 6) is 0.325. The van der Waals surface area contributed by atoms with Crippen LogP contribution in [0.4, 0.5) is 30.6 Å². The van der Waals surface area contributed by atoms with Crippen LogP contribution in [0.3, 0.4) is 0 Å². The molecule has 0 aliphatic heterocycles. The van der Waals surface area contributed by atoms with Crippen molar-refractivity contribution in [1.29, 1.82) is 0 Å². The Morgan fingerprint density at radius 1 is 1.22 bits per heavy atom. The lowest BCUT2D eigenvalue weighted by atomic mass is 10.2. The van der Waals surface area contributed by atoms with Gasteiger partial charge in [0.25, 0.3) is 0 Å². The van der Waals surface area contributed by atoms with Gasteiger partial charge in [0.1, 0.15) is 5.82 Å². The normalized spacial score (nSPS) is 14.2. The van der Waals surface area contributed by atoms with Crippen LogP contribution in [0.1, 0.15) is 24.5 Å². The molecule has 3 aromatic rings. The van der Waals surface area contributed by atoms with E-state index in [9.17, 15) is 13.2 Å². The number of hydrogen-bond acceptors (Lipinski definition) is 6. The lowest BCUT2D eigenvalue weighted by Crippen LogP contribution is -2.18. The number of ether oxygens (including phenoxy) is 1. The number of alkyl halides is 3. The second-order valence-corrected chi connectivity index (χ2v) is 6.14. The van der Waals surface area contributed by atoms with E-state index in [1.807, 2.05) is 6.07 Å². The third-order valence-electron chi connectivity index (χ3n) is 4.06. The van der Waals surface area contributed by atoms with Gasteiger partial charge in [0.15, 0.2) is 5.75 Å². The van der Waals surface area contributed by atoms with E-state index >= 15 is 0 Å². The maximum atomic E-state index is 12.5. The van der Waals surface area contributed by atoms with Crippen LogP contribution in [0.5, 0.6) is 5.75 Å². The van der Waals surface area contributed by atoms with Crippen LogP contribution in [0.25, 0.3) is 11.3 Å². The number of aromatic nitrogens is 4. The number of nitrogens with two attached hydrogens (primary N) is 1. The molecule has 4 rings (SSSR count). The van der Waals surface area contributed by atoms with Crippen molar-refractivity contribution >= 4 is 17.5 Å². The zero-order chi connectivity index (χ0) is 19.0. The molecule has 2 heterocycles. The van der Waals surface area contributed by atoms with Gasteiger partial charge < -0.3 is 15.8 Å². The summed E-state index contributed by atoms with van der Waals surface area (Å²) in [4.78, 5) is 8.25. The van der Waals surface area contributed by atoms with Crippen molar-refractivity contribution < 1.29 is 17.9 Å². The molecule has 0 unspecified atom stereocenters. The van der Waals surface area contributed by atoms with Crippen LogP contribution >= 0.6 is 0 Å². The summed E-state index contributed by atoms with van der Waals surface area (Å²) in [5.41, 5.74) is 8.31. The van der Waals surface area contributed by atoms with Crippen molar-refractivity contribution in [2.75, 3.05) is 11.1 Å². The maximum Gasteiger partial charge on any atom is 0.573 e. The molecule has 7 nitrogen and oxygen atoms in total. The van der Waals surface area contributed by atoms with Gasteiger partial charge in [-0.25, -0.2) is 4.98 Å². The number of H-pyrrole nitrogens is 1. The number of nitrogens with zero attached hydrogens (tertiary/aromatic N) is 3. The third-order valence-corrected chi connectivity index (χ3v) is 4.06. The number of halogens is 3. The van der Waals surface area contributed by atoms with Gasteiger partial charge in [-0.1, -0.05) is 12.1 Å². The van der Waals surface area contributed by atoms with E-state index in [1.54, 1.807) is 6.07 Å². The van der Waals surface area contributed by atoms with Gasteiger partial charge in [0, 0.05) is 12.1 Å².